The quantitative estimate of drug-likeness (QED) is 0.170. The zero-order chi connectivity index (χ0) is 33.8. The van der Waals surface area contributed by atoms with Gasteiger partial charge in [0, 0.05) is 57.1 Å². The lowest BCUT2D eigenvalue weighted by Crippen LogP contribution is -2.57. The summed E-state index contributed by atoms with van der Waals surface area (Å²) in [6.07, 6.45) is 6.06. The predicted molar refractivity (Wildman–Crippen MR) is 188 cm³/mol. The molecule has 0 saturated carbocycles. The number of aromatic nitrogens is 1. The second kappa shape index (κ2) is 18.0. The number of nitrogens with one attached hydrogen (secondary N) is 2. The lowest BCUT2D eigenvalue weighted by molar-refractivity contribution is -0.137. The van der Waals surface area contributed by atoms with Crippen LogP contribution in [0.5, 0.6) is 11.5 Å². The Labute approximate surface area is 292 Å². The summed E-state index contributed by atoms with van der Waals surface area (Å²) in [7, 11) is 1.59. The standard InChI is InChI=1S/C34H42Br2N6O5/c1-47-26-6-4-5-23(19-26)8-9-31(43)39-30(22-24-20-27(35)32(44)28(36)21-24)33(45)40-29(7-2-3-12-37)34(46)42-17-15-41(16-18-42)25-10-13-38-14-11-25/h4-6,10-11,13-14,19-21,29-30,44H,2-3,7-9,12,15-18,22,37H2,1H3,(H,39,43)(H,40,45)/t29-,30+/m0/s1. The summed E-state index contributed by atoms with van der Waals surface area (Å²) in [5.41, 5.74) is 8.43. The number of unbranched alkanes of at least 4 members (excludes halogenated alkanes) is 1. The molecule has 1 aliphatic heterocycles. The van der Waals surface area contributed by atoms with Crippen LogP contribution in [0.1, 0.15) is 36.8 Å². The normalized spacial score (nSPS) is 14.3. The van der Waals surface area contributed by atoms with Gasteiger partial charge < -0.3 is 36.0 Å². The van der Waals surface area contributed by atoms with Gasteiger partial charge in [0.2, 0.25) is 17.7 Å². The van der Waals surface area contributed by atoms with Gasteiger partial charge in [0.1, 0.15) is 23.6 Å². The number of hydrogen-bond donors (Lipinski definition) is 4. The Morgan fingerprint density at radius 2 is 1.66 bits per heavy atom. The number of rotatable bonds is 15. The maximum Gasteiger partial charge on any atom is 0.245 e. The molecule has 2 atom stereocenters. The van der Waals surface area contributed by atoms with Crippen molar-refractivity contribution in [3.05, 3.63) is 81.0 Å². The molecule has 1 fully saturated rings. The van der Waals surface area contributed by atoms with E-state index >= 15 is 0 Å². The molecule has 5 N–H and O–H groups in total. The van der Waals surface area contributed by atoms with Gasteiger partial charge in [0.15, 0.2) is 0 Å². The highest BCUT2D eigenvalue weighted by Gasteiger charge is 2.31. The lowest BCUT2D eigenvalue weighted by atomic mass is 10.0. The fraction of sp³-hybridized carbons (Fsp3) is 0.412. The SMILES string of the molecule is COc1cccc(CCC(=O)N[C@H](Cc2cc(Br)c(O)c(Br)c2)C(=O)N[C@@H](CCCCN)C(=O)N2CCN(c3ccncc3)CC2)c1. The smallest absolute Gasteiger partial charge is 0.245 e. The number of benzene rings is 2. The Hall–Kier alpha value is -3.68. The van der Waals surface area contributed by atoms with E-state index < -0.39 is 18.0 Å². The minimum atomic E-state index is -0.968. The van der Waals surface area contributed by atoms with Crippen molar-refractivity contribution in [1.82, 2.24) is 20.5 Å². The van der Waals surface area contributed by atoms with Crippen LogP contribution in [0.3, 0.4) is 0 Å². The van der Waals surface area contributed by atoms with E-state index in [-0.39, 0.29) is 30.4 Å². The molecule has 3 aromatic rings. The summed E-state index contributed by atoms with van der Waals surface area (Å²) in [6.45, 7) is 2.84. The van der Waals surface area contributed by atoms with E-state index in [2.05, 4.69) is 52.4 Å². The highest BCUT2D eigenvalue weighted by atomic mass is 79.9. The highest BCUT2D eigenvalue weighted by molar-refractivity contribution is 9.11. The maximum absolute atomic E-state index is 13.9. The molecule has 0 spiro atoms. The Balaban J connectivity index is 1.47. The average Bonchev–Trinajstić information content (AvgIpc) is 3.09. The van der Waals surface area contributed by atoms with Crippen LogP contribution in [-0.2, 0) is 27.2 Å². The molecule has 1 saturated heterocycles. The number of phenolic OH excluding ortho intramolecular Hbond substituents is 1. The molecular formula is C34H42Br2N6O5. The van der Waals surface area contributed by atoms with Crippen molar-refractivity contribution in [2.75, 3.05) is 44.7 Å². The Bertz CT molecular complexity index is 1480. The molecular weight excluding hydrogens is 732 g/mol. The van der Waals surface area contributed by atoms with Crippen molar-refractivity contribution < 1.29 is 24.2 Å². The van der Waals surface area contributed by atoms with E-state index in [0.717, 1.165) is 17.7 Å². The zero-order valence-electron chi connectivity index (χ0n) is 26.5. The van der Waals surface area contributed by atoms with E-state index in [9.17, 15) is 19.5 Å². The molecule has 1 aromatic heterocycles. The number of nitrogens with zero attached hydrogens (tertiary/aromatic N) is 3. The molecule has 252 valence electrons. The Morgan fingerprint density at radius 3 is 2.32 bits per heavy atom. The number of amides is 3. The number of phenols is 1. The molecule has 0 unspecified atom stereocenters. The summed E-state index contributed by atoms with van der Waals surface area (Å²) in [5, 5.41) is 16.1. The number of pyridine rings is 1. The topological polar surface area (TPSA) is 150 Å². The third-order valence-electron chi connectivity index (χ3n) is 8.12. The van der Waals surface area contributed by atoms with Crippen molar-refractivity contribution in [3.8, 4) is 11.5 Å². The molecule has 4 rings (SSSR count). The largest absolute Gasteiger partial charge is 0.506 e. The first kappa shape index (κ1) is 36.2. The molecule has 2 heterocycles. The second-order valence-electron chi connectivity index (χ2n) is 11.4. The van der Waals surface area contributed by atoms with Crippen molar-refractivity contribution in [1.29, 1.82) is 0 Å². The number of aryl methyl sites for hydroxylation is 1. The number of carbonyl (C=O) groups is 3. The van der Waals surface area contributed by atoms with E-state index in [0.29, 0.717) is 72.2 Å². The summed E-state index contributed by atoms with van der Waals surface area (Å²) >= 11 is 6.70. The first-order chi connectivity index (χ1) is 22.7. The lowest BCUT2D eigenvalue weighted by Gasteiger charge is -2.37. The number of anilines is 1. The van der Waals surface area contributed by atoms with Crippen LogP contribution in [-0.4, -0.2) is 84.6 Å². The number of methoxy groups -OCH3 is 1. The van der Waals surface area contributed by atoms with Gasteiger partial charge in [-0.1, -0.05) is 12.1 Å². The van der Waals surface area contributed by atoms with Crippen LogP contribution in [0.4, 0.5) is 5.69 Å². The molecule has 0 radical (unpaired) electrons. The zero-order valence-corrected chi connectivity index (χ0v) is 29.6. The molecule has 0 bridgehead atoms. The fourth-order valence-electron chi connectivity index (χ4n) is 5.52. The number of piperazine rings is 1. The van der Waals surface area contributed by atoms with Gasteiger partial charge in [-0.25, -0.2) is 0 Å². The van der Waals surface area contributed by atoms with Gasteiger partial charge in [0.25, 0.3) is 0 Å². The number of ether oxygens (including phenoxy) is 1. The van der Waals surface area contributed by atoms with E-state index in [1.165, 1.54) is 0 Å². The van der Waals surface area contributed by atoms with Crippen LogP contribution in [0.25, 0.3) is 0 Å². The first-order valence-corrected chi connectivity index (χ1v) is 17.3. The van der Waals surface area contributed by atoms with Crippen molar-refractivity contribution in [2.24, 2.45) is 5.73 Å². The number of hydrogen-bond acceptors (Lipinski definition) is 8. The maximum atomic E-state index is 13.9. The van der Waals surface area contributed by atoms with Gasteiger partial charge in [-0.2, -0.15) is 0 Å². The van der Waals surface area contributed by atoms with Crippen LogP contribution < -0.4 is 26.0 Å². The summed E-state index contributed by atoms with van der Waals surface area (Å²) in [5.74, 6) is -0.174. The van der Waals surface area contributed by atoms with Gasteiger partial charge in [-0.15, -0.1) is 0 Å². The second-order valence-corrected chi connectivity index (χ2v) is 13.2. The highest BCUT2D eigenvalue weighted by Crippen LogP contribution is 2.33. The van der Waals surface area contributed by atoms with Crippen molar-refractivity contribution >= 4 is 55.3 Å². The van der Waals surface area contributed by atoms with E-state index in [4.69, 9.17) is 10.5 Å². The summed E-state index contributed by atoms with van der Waals surface area (Å²) < 4.78 is 6.19. The molecule has 3 amide bonds. The summed E-state index contributed by atoms with van der Waals surface area (Å²) in [6, 6.07) is 13.1. The van der Waals surface area contributed by atoms with Gasteiger partial charge in [0.05, 0.1) is 16.1 Å². The third-order valence-corrected chi connectivity index (χ3v) is 9.33. The van der Waals surface area contributed by atoms with Crippen LogP contribution in [0, 0.1) is 0 Å². The number of carbonyl (C=O) groups excluding carboxylic acids is 3. The van der Waals surface area contributed by atoms with E-state index in [1.807, 2.05) is 36.4 Å². The van der Waals surface area contributed by atoms with Gasteiger partial charge in [-0.05, 0) is 112 Å². The van der Waals surface area contributed by atoms with Crippen LogP contribution in [0.2, 0.25) is 0 Å². The monoisotopic (exact) mass is 772 g/mol. The van der Waals surface area contributed by atoms with Crippen LogP contribution in [0.15, 0.2) is 69.9 Å². The minimum Gasteiger partial charge on any atom is -0.506 e. The Kier molecular flexibility index (Phi) is 13.9. The molecule has 0 aliphatic carbocycles. The van der Waals surface area contributed by atoms with Gasteiger partial charge in [-0.3, -0.25) is 19.4 Å². The molecule has 2 aromatic carbocycles. The first-order valence-electron chi connectivity index (χ1n) is 15.7. The van der Waals surface area contributed by atoms with Crippen molar-refractivity contribution in [2.45, 2.75) is 50.6 Å². The molecule has 11 nitrogen and oxygen atoms in total. The minimum absolute atomic E-state index is 0.0340. The van der Waals surface area contributed by atoms with Crippen LogP contribution >= 0.6 is 31.9 Å². The average molecular weight is 775 g/mol. The van der Waals surface area contributed by atoms with Gasteiger partial charge >= 0.3 is 0 Å². The Morgan fingerprint density at radius 1 is 0.957 bits per heavy atom. The molecule has 47 heavy (non-hydrogen) atoms. The third kappa shape index (κ3) is 10.7. The summed E-state index contributed by atoms with van der Waals surface area (Å²) in [4.78, 5) is 49.0. The van der Waals surface area contributed by atoms with E-state index in [1.54, 1.807) is 36.5 Å². The molecule has 1 aliphatic rings. The number of halogens is 2. The molecule has 13 heteroatoms. The fourth-order valence-corrected chi connectivity index (χ4v) is 6.80. The predicted octanol–water partition coefficient (Wildman–Crippen LogP) is 3.94. The number of nitrogens with two attached hydrogens (primary N) is 1. The van der Waals surface area contributed by atoms with Crippen molar-refractivity contribution in [3.63, 3.8) is 0 Å². The number of aromatic hydroxyl groups is 1.